The fourth-order valence-corrected chi connectivity index (χ4v) is 4.38. The second-order valence-corrected chi connectivity index (χ2v) is 7.27. The van der Waals surface area contributed by atoms with E-state index in [-0.39, 0.29) is 5.91 Å². The van der Waals surface area contributed by atoms with Crippen LogP contribution in [0.1, 0.15) is 43.5 Å². The van der Waals surface area contributed by atoms with Crippen LogP contribution in [0.5, 0.6) is 0 Å². The first kappa shape index (κ1) is 16.2. The lowest BCUT2D eigenvalue weighted by molar-refractivity contribution is 0.0728. The van der Waals surface area contributed by atoms with E-state index in [1.54, 1.807) is 4.68 Å². The summed E-state index contributed by atoms with van der Waals surface area (Å²) >= 11 is 0. The van der Waals surface area contributed by atoms with Crippen LogP contribution in [0.3, 0.4) is 0 Å². The summed E-state index contributed by atoms with van der Waals surface area (Å²) < 4.78 is 1.57. The molecule has 132 valence electrons. The molecule has 7 nitrogen and oxygen atoms in total. The highest BCUT2D eigenvalue weighted by Gasteiger charge is 2.39. The van der Waals surface area contributed by atoms with Gasteiger partial charge in [-0.25, -0.2) is 4.68 Å². The van der Waals surface area contributed by atoms with Crippen LogP contribution in [0.25, 0.3) is 5.69 Å². The van der Waals surface area contributed by atoms with Gasteiger partial charge in [-0.3, -0.25) is 9.69 Å². The Hall–Kier alpha value is -2.28. The zero-order valence-electron chi connectivity index (χ0n) is 14.7. The number of hydrogen-bond acceptors (Lipinski definition) is 5. The molecule has 2 aliphatic heterocycles. The predicted molar refractivity (Wildman–Crippen MR) is 93.5 cm³/mol. The van der Waals surface area contributed by atoms with Crippen molar-refractivity contribution in [3.05, 3.63) is 36.2 Å². The molecule has 0 N–H and O–H groups in total. The third-order valence-corrected chi connectivity index (χ3v) is 5.43. The predicted octanol–water partition coefficient (Wildman–Crippen LogP) is 1.75. The van der Waals surface area contributed by atoms with E-state index in [9.17, 15) is 4.79 Å². The molecule has 7 heteroatoms. The van der Waals surface area contributed by atoms with Crippen molar-refractivity contribution >= 4 is 5.91 Å². The van der Waals surface area contributed by atoms with Crippen molar-refractivity contribution in [2.24, 2.45) is 0 Å². The molecule has 0 spiro atoms. The number of benzene rings is 1. The van der Waals surface area contributed by atoms with Crippen molar-refractivity contribution in [3.63, 3.8) is 0 Å². The number of carbonyl (C=O) groups is 1. The van der Waals surface area contributed by atoms with Gasteiger partial charge in [-0.1, -0.05) is 6.07 Å². The number of carbonyl (C=O) groups excluding carboxylic acids is 1. The van der Waals surface area contributed by atoms with E-state index in [1.807, 2.05) is 29.2 Å². The zero-order valence-corrected chi connectivity index (χ0v) is 14.7. The largest absolute Gasteiger partial charge is 0.337 e. The zero-order chi connectivity index (χ0) is 17.4. The van der Waals surface area contributed by atoms with E-state index in [1.165, 1.54) is 19.2 Å². The van der Waals surface area contributed by atoms with Gasteiger partial charge in [0.25, 0.3) is 5.91 Å². The summed E-state index contributed by atoms with van der Waals surface area (Å²) in [7, 11) is 0. The minimum atomic E-state index is 0.103. The van der Waals surface area contributed by atoms with Crippen LogP contribution in [0.2, 0.25) is 0 Å². The van der Waals surface area contributed by atoms with E-state index in [4.69, 9.17) is 0 Å². The van der Waals surface area contributed by atoms with Gasteiger partial charge in [0.2, 0.25) is 0 Å². The van der Waals surface area contributed by atoms with E-state index < -0.39 is 0 Å². The van der Waals surface area contributed by atoms with Crippen molar-refractivity contribution < 1.29 is 4.79 Å². The topological polar surface area (TPSA) is 67.2 Å². The van der Waals surface area contributed by atoms with Crippen LogP contribution >= 0.6 is 0 Å². The van der Waals surface area contributed by atoms with Gasteiger partial charge in [0.05, 0.1) is 5.69 Å². The first-order valence-corrected chi connectivity index (χ1v) is 9.03. The van der Waals surface area contributed by atoms with Crippen molar-refractivity contribution in [1.82, 2.24) is 30.0 Å². The Morgan fingerprint density at radius 3 is 2.80 bits per heavy atom. The highest BCUT2D eigenvalue weighted by atomic mass is 16.2. The molecule has 2 unspecified atom stereocenters. The van der Waals surface area contributed by atoms with Crippen LogP contribution in [0.4, 0.5) is 0 Å². The second-order valence-electron chi connectivity index (χ2n) is 7.27. The lowest BCUT2D eigenvalue weighted by atomic mass is 10.1. The molecule has 2 atom stereocenters. The van der Waals surface area contributed by atoms with Crippen molar-refractivity contribution in [2.45, 2.75) is 51.2 Å². The minimum Gasteiger partial charge on any atom is -0.337 e. The monoisotopic (exact) mass is 340 g/mol. The number of nitrogens with zero attached hydrogens (tertiary/aromatic N) is 6. The molecule has 2 aromatic rings. The lowest BCUT2D eigenvalue weighted by Crippen LogP contribution is -2.44. The molecule has 0 radical (unpaired) electrons. The maximum atomic E-state index is 13.1. The molecule has 2 saturated heterocycles. The van der Waals surface area contributed by atoms with Crippen LogP contribution in [-0.2, 0) is 0 Å². The third-order valence-electron chi connectivity index (χ3n) is 5.43. The van der Waals surface area contributed by atoms with Crippen molar-refractivity contribution in [1.29, 1.82) is 0 Å². The van der Waals surface area contributed by atoms with Gasteiger partial charge in [0, 0.05) is 36.8 Å². The average Bonchev–Trinajstić information content (AvgIpc) is 3.22. The highest BCUT2D eigenvalue weighted by Crippen LogP contribution is 2.32. The SMILES string of the molecule is CC(C)N1C2CCC1CN(C(=O)c1cccc(-n3cnnn3)c1)CC2. The Kier molecular flexibility index (Phi) is 4.25. The van der Waals surface area contributed by atoms with E-state index >= 15 is 0 Å². The maximum absolute atomic E-state index is 13.1. The summed E-state index contributed by atoms with van der Waals surface area (Å²) in [5, 5.41) is 11.2. The molecule has 25 heavy (non-hydrogen) atoms. The normalized spacial score (nSPS) is 23.9. The molecule has 2 fully saturated rings. The standard InChI is InChI=1S/C18H24N6O/c1-13(2)24-15-6-7-17(24)11-22(9-8-15)18(25)14-4-3-5-16(10-14)23-12-19-20-21-23/h3-5,10,12-13,15,17H,6-9,11H2,1-2H3. The second kappa shape index (κ2) is 6.55. The molecule has 1 aromatic heterocycles. The van der Waals surface area contributed by atoms with Gasteiger partial charge in [-0.05, 0) is 61.7 Å². The molecule has 2 bridgehead atoms. The Morgan fingerprint density at radius 2 is 2.04 bits per heavy atom. The molecule has 1 aromatic carbocycles. The first-order valence-electron chi connectivity index (χ1n) is 9.03. The number of tetrazole rings is 1. The lowest BCUT2D eigenvalue weighted by Gasteiger charge is -2.32. The van der Waals surface area contributed by atoms with E-state index in [0.29, 0.717) is 23.7 Å². The Balaban J connectivity index is 1.55. The van der Waals surface area contributed by atoms with Gasteiger partial charge in [0.1, 0.15) is 6.33 Å². The summed E-state index contributed by atoms with van der Waals surface area (Å²) in [6, 6.07) is 9.17. The summed E-state index contributed by atoms with van der Waals surface area (Å²) in [6.45, 7) is 6.18. The number of hydrogen-bond donors (Lipinski definition) is 0. The number of amides is 1. The number of likely N-dealkylation sites (tertiary alicyclic amines) is 1. The Bertz CT molecular complexity index is 744. The van der Waals surface area contributed by atoms with Crippen molar-refractivity contribution in [2.75, 3.05) is 13.1 Å². The van der Waals surface area contributed by atoms with Gasteiger partial charge in [0.15, 0.2) is 0 Å². The molecule has 1 amide bonds. The molecule has 4 rings (SSSR count). The maximum Gasteiger partial charge on any atom is 0.253 e. The third kappa shape index (κ3) is 3.04. The first-order chi connectivity index (χ1) is 12.1. The number of aromatic nitrogens is 4. The summed E-state index contributed by atoms with van der Waals surface area (Å²) in [6.07, 6.45) is 5.05. The van der Waals surface area contributed by atoms with Gasteiger partial charge >= 0.3 is 0 Å². The molecular formula is C18H24N6O. The highest BCUT2D eigenvalue weighted by molar-refractivity contribution is 5.94. The smallest absolute Gasteiger partial charge is 0.253 e. The van der Waals surface area contributed by atoms with Crippen LogP contribution < -0.4 is 0 Å². The van der Waals surface area contributed by atoms with Gasteiger partial charge in [-0.2, -0.15) is 0 Å². The summed E-state index contributed by atoms with van der Waals surface area (Å²) in [4.78, 5) is 17.7. The van der Waals surface area contributed by atoms with Gasteiger partial charge < -0.3 is 4.90 Å². The molecule has 2 aliphatic rings. The fraction of sp³-hybridized carbons (Fsp3) is 0.556. The fourth-order valence-electron chi connectivity index (χ4n) is 4.38. The van der Waals surface area contributed by atoms with Crippen LogP contribution in [-0.4, -0.2) is 67.1 Å². The Morgan fingerprint density at radius 1 is 1.20 bits per heavy atom. The van der Waals surface area contributed by atoms with Crippen LogP contribution in [0.15, 0.2) is 30.6 Å². The van der Waals surface area contributed by atoms with Crippen molar-refractivity contribution in [3.8, 4) is 5.69 Å². The molecule has 0 aliphatic carbocycles. The minimum absolute atomic E-state index is 0.103. The molecular weight excluding hydrogens is 316 g/mol. The molecule has 0 saturated carbocycles. The Labute approximate surface area is 147 Å². The summed E-state index contributed by atoms with van der Waals surface area (Å²) in [5.41, 5.74) is 1.50. The van der Waals surface area contributed by atoms with E-state index in [2.05, 4.69) is 34.3 Å². The van der Waals surface area contributed by atoms with E-state index in [0.717, 1.165) is 25.2 Å². The summed E-state index contributed by atoms with van der Waals surface area (Å²) in [5.74, 6) is 0.103. The molecule has 3 heterocycles. The number of rotatable bonds is 3. The number of fused-ring (bicyclic) bond motifs is 2. The quantitative estimate of drug-likeness (QED) is 0.851. The van der Waals surface area contributed by atoms with Crippen LogP contribution in [0, 0.1) is 0 Å². The average molecular weight is 340 g/mol. The van der Waals surface area contributed by atoms with Gasteiger partial charge in [-0.15, -0.1) is 5.10 Å².